The van der Waals surface area contributed by atoms with Gasteiger partial charge in [0.2, 0.25) is 5.91 Å². The molecule has 0 saturated carbocycles. The van der Waals surface area contributed by atoms with Gasteiger partial charge in [0, 0.05) is 39.8 Å². The number of nitrogens with one attached hydrogen (secondary N) is 2. The monoisotopic (exact) mass is 340 g/mol. The lowest BCUT2D eigenvalue weighted by molar-refractivity contribution is -0.134. The minimum atomic E-state index is -3.61. The Morgan fingerprint density at radius 3 is 2.35 bits per heavy atom. The highest BCUT2D eigenvalue weighted by Gasteiger charge is 2.27. The van der Waals surface area contributed by atoms with Crippen molar-refractivity contribution in [2.75, 3.05) is 33.2 Å². The van der Waals surface area contributed by atoms with E-state index in [-0.39, 0.29) is 5.91 Å². The van der Waals surface area contributed by atoms with Crippen molar-refractivity contribution in [1.82, 2.24) is 19.2 Å². The van der Waals surface area contributed by atoms with Crippen LogP contribution in [0, 0.1) is 0 Å². The molecule has 8 heteroatoms. The fourth-order valence-electron chi connectivity index (χ4n) is 2.58. The summed E-state index contributed by atoms with van der Waals surface area (Å²) in [7, 11) is -2.30. The molecule has 2 rings (SSSR count). The predicted molar refractivity (Wildman–Crippen MR) is 88.9 cm³/mol. The Balaban J connectivity index is 1.83. The first kappa shape index (κ1) is 17.9. The molecule has 0 bridgehead atoms. The van der Waals surface area contributed by atoms with Crippen molar-refractivity contribution < 1.29 is 13.2 Å². The molecule has 23 heavy (non-hydrogen) atoms. The Hall–Kier alpha value is -1.48. The van der Waals surface area contributed by atoms with Gasteiger partial charge in [-0.05, 0) is 12.5 Å². The maximum atomic E-state index is 12.3. The number of piperazine rings is 1. The molecular formula is C15H24N4O3S. The van der Waals surface area contributed by atoms with Gasteiger partial charge in [0.05, 0.1) is 6.04 Å². The summed E-state index contributed by atoms with van der Waals surface area (Å²) in [5.74, 6) is -0.191. The predicted octanol–water partition coefficient (Wildman–Crippen LogP) is -0.227. The van der Waals surface area contributed by atoms with E-state index in [0.29, 0.717) is 13.1 Å². The molecule has 2 N–H and O–H groups in total. The lowest BCUT2D eigenvalue weighted by atomic mass is 10.2. The van der Waals surface area contributed by atoms with Gasteiger partial charge in [-0.25, -0.2) is 4.72 Å². The van der Waals surface area contributed by atoms with Crippen LogP contribution in [0.5, 0.6) is 0 Å². The van der Waals surface area contributed by atoms with Crippen molar-refractivity contribution in [3.63, 3.8) is 0 Å². The van der Waals surface area contributed by atoms with Crippen molar-refractivity contribution in [2.24, 2.45) is 0 Å². The van der Waals surface area contributed by atoms with E-state index in [1.165, 1.54) is 12.6 Å². The fraction of sp³-hybridized carbons (Fsp3) is 0.533. The molecule has 0 aliphatic carbocycles. The molecule has 128 valence electrons. The van der Waals surface area contributed by atoms with Crippen LogP contribution in [-0.2, 0) is 21.5 Å². The normalized spacial score (nSPS) is 17.9. The summed E-state index contributed by atoms with van der Waals surface area (Å²) in [6, 6.07) is 9.44. The number of benzene rings is 1. The van der Waals surface area contributed by atoms with Gasteiger partial charge in [0.1, 0.15) is 0 Å². The van der Waals surface area contributed by atoms with Crippen molar-refractivity contribution in [3.8, 4) is 0 Å². The minimum absolute atomic E-state index is 0.191. The molecule has 0 radical (unpaired) electrons. The van der Waals surface area contributed by atoms with Crippen molar-refractivity contribution in [1.29, 1.82) is 0 Å². The number of rotatable bonds is 6. The second-order valence-electron chi connectivity index (χ2n) is 5.63. The molecule has 0 spiro atoms. The number of hydrogen-bond donors (Lipinski definition) is 2. The standard InChI is InChI=1S/C15H24N4O3S/c1-13(17-23(21,22)16-2)15(20)19-10-8-18(9-11-19)12-14-6-4-3-5-7-14/h3-7,13,16-17H,8-12H2,1-2H3. The van der Waals surface area contributed by atoms with Gasteiger partial charge < -0.3 is 4.90 Å². The second-order valence-corrected chi connectivity index (χ2v) is 7.28. The summed E-state index contributed by atoms with van der Waals surface area (Å²) in [6.45, 7) is 5.21. The van der Waals surface area contributed by atoms with Crippen LogP contribution in [0.1, 0.15) is 12.5 Å². The zero-order chi connectivity index (χ0) is 16.9. The van der Waals surface area contributed by atoms with Crippen molar-refractivity contribution in [3.05, 3.63) is 35.9 Å². The van der Waals surface area contributed by atoms with E-state index in [9.17, 15) is 13.2 Å². The van der Waals surface area contributed by atoms with Gasteiger partial charge in [-0.15, -0.1) is 0 Å². The minimum Gasteiger partial charge on any atom is -0.339 e. The van der Waals surface area contributed by atoms with Gasteiger partial charge in [-0.1, -0.05) is 30.3 Å². The van der Waals surface area contributed by atoms with E-state index in [0.717, 1.165) is 19.6 Å². The molecule has 1 amide bonds. The molecule has 7 nitrogen and oxygen atoms in total. The lowest BCUT2D eigenvalue weighted by Gasteiger charge is -2.36. The molecule has 1 unspecified atom stereocenters. The second kappa shape index (κ2) is 7.87. The zero-order valence-electron chi connectivity index (χ0n) is 13.5. The van der Waals surface area contributed by atoms with Crippen molar-refractivity contribution >= 4 is 16.1 Å². The van der Waals surface area contributed by atoms with E-state index in [4.69, 9.17) is 0 Å². The van der Waals surface area contributed by atoms with Crippen LogP contribution in [0.15, 0.2) is 30.3 Å². The Bertz CT molecular complexity index is 613. The number of hydrogen-bond acceptors (Lipinski definition) is 4. The van der Waals surface area contributed by atoms with E-state index < -0.39 is 16.3 Å². The Morgan fingerprint density at radius 2 is 1.78 bits per heavy atom. The Labute approximate surface area is 137 Å². The third-order valence-corrected chi connectivity index (χ3v) is 5.11. The Kier molecular flexibility index (Phi) is 6.11. The summed E-state index contributed by atoms with van der Waals surface area (Å²) in [4.78, 5) is 16.3. The van der Waals surface area contributed by atoms with Crippen LogP contribution in [0.4, 0.5) is 0 Å². The molecule has 1 aromatic rings. The third kappa shape index (κ3) is 5.28. The Morgan fingerprint density at radius 1 is 1.17 bits per heavy atom. The molecule has 1 fully saturated rings. The number of amides is 1. The molecule has 1 aliphatic rings. The summed E-state index contributed by atoms with van der Waals surface area (Å²) >= 11 is 0. The summed E-state index contributed by atoms with van der Waals surface area (Å²) in [6.07, 6.45) is 0. The molecule has 1 aromatic carbocycles. The van der Waals surface area contributed by atoms with Crippen LogP contribution in [0.25, 0.3) is 0 Å². The van der Waals surface area contributed by atoms with Gasteiger partial charge in [-0.2, -0.15) is 13.1 Å². The third-order valence-electron chi connectivity index (χ3n) is 3.90. The highest BCUT2D eigenvalue weighted by molar-refractivity contribution is 7.87. The van der Waals surface area contributed by atoms with E-state index >= 15 is 0 Å². The van der Waals surface area contributed by atoms with E-state index in [1.54, 1.807) is 11.8 Å². The quantitative estimate of drug-likeness (QED) is 0.750. The van der Waals surface area contributed by atoms with Gasteiger partial charge >= 0.3 is 0 Å². The maximum absolute atomic E-state index is 12.3. The topological polar surface area (TPSA) is 81.8 Å². The van der Waals surface area contributed by atoms with Gasteiger partial charge in [0.15, 0.2) is 0 Å². The fourth-order valence-corrected chi connectivity index (χ4v) is 3.27. The molecule has 0 aromatic heterocycles. The first-order valence-electron chi connectivity index (χ1n) is 7.67. The zero-order valence-corrected chi connectivity index (χ0v) is 14.3. The van der Waals surface area contributed by atoms with E-state index in [2.05, 4.69) is 26.5 Å². The summed E-state index contributed by atoms with van der Waals surface area (Å²) < 4.78 is 27.4. The average Bonchev–Trinajstić information content (AvgIpc) is 2.55. The lowest BCUT2D eigenvalue weighted by Crippen LogP contribution is -2.54. The van der Waals surface area contributed by atoms with Crippen LogP contribution in [0.2, 0.25) is 0 Å². The highest BCUT2D eigenvalue weighted by Crippen LogP contribution is 2.09. The number of carbonyl (C=O) groups is 1. The van der Waals surface area contributed by atoms with Gasteiger partial charge in [0.25, 0.3) is 10.2 Å². The highest BCUT2D eigenvalue weighted by atomic mass is 32.2. The van der Waals surface area contributed by atoms with E-state index in [1.807, 2.05) is 18.2 Å². The van der Waals surface area contributed by atoms with Gasteiger partial charge in [-0.3, -0.25) is 9.69 Å². The molecule has 1 atom stereocenters. The first-order valence-corrected chi connectivity index (χ1v) is 9.15. The van der Waals surface area contributed by atoms with Crippen LogP contribution in [-0.4, -0.2) is 63.4 Å². The summed E-state index contributed by atoms with van der Waals surface area (Å²) in [5.41, 5.74) is 1.25. The van der Waals surface area contributed by atoms with Crippen molar-refractivity contribution in [2.45, 2.75) is 19.5 Å². The SMILES string of the molecule is CNS(=O)(=O)NC(C)C(=O)N1CCN(Cc2ccccc2)CC1. The average molecular weight is 340 g/mol. The summed E-state index contributed by atoms with van der Waals surface area (Å²) in [5, 5.41) is 0. The maximum Gasteiger partial charge on any atom is 0.277 e. The molecule has 1 aliphatic heterocycles. The number of carbonyl (C=O) groups excluding carboxylic acids is 1. The van der Waals surface area contributed by atoms with Crippen LogP contribution in [0.3, 0.4) is 0 Å². The largest absolute Gasteiger partial charge is 0.339 e. The molecular weight excluding hydrogens is 316 g/mol. The van der Waals surface area contributed by atoms with Crippen LogP contribution >= 0.6 is 0 Å². The molecule has 1 saturated heterocycles. The molecule has 1 heterocycles. The number of nitrogens with zero attached hydrogens (tertiary/aromatic N) is 2. The smallest absolute Gasteiger partial charge is 0.277 e. The first-order chi connectivity index (χ1) is 10.9. The van der Waals surface area contributed by atoms with Crippen LogP contribution < -0.4 is 9.44 Å².